The summed E-state index contributed by atoms with van der Waals surface area (Å²) < 4.78 is 0. The molecule has 0 N–H and O–H groups in total. The van der Waals surface area contributed by atoms with Gasteiger partial charge in [-0.1, -0.05) is 134 Å². The summed E-state index contributed by atoms with van der Waals surface area (Å²) in [5, 5.41) is 0. The first-order valence-corrected chi connectivity index (χ1v) is 10.9. The monoisotopic (exact) mass is 408 g/mol. The third kappa shape index (κ3) is 3.79. The van der Waals surface area contributed by atoms with E-state index >= 15 is 0 Å². The molecule has 0 aromatic heterocycles. The molecule has 32 heavy (non-hydrogen) atoms. The zero-order chi connectivity index (χ0) is 21.8. The van der Waals surface area contributed by atoms with Crippen molar-refractivity contribution in [1.82, 2.24) is 0 Å². The van der Waals surface area contributed by atoms with Crippen molar-refractivity contribution in [3.05, 3.63) is 140 Å². The third-order valence-electron chi connectivity index (χ3n) is 5.86. The Bertz CT molecular complexity index is 1350. The zero-order valence-corrected chi connectivity index (χ0v) is 17.9. The second-order valence-electron chi connectivity index (χ2n) is 7.84. The molecule has 0 heterocycles. The lowest BCUT2D eigenvalue weighted by molar-refractivity contribution is 1.54. The Labute approximate surface area is 190 Å². The number of hydrogen-bond acceptors (Lipinski definition) is 0. The molecule has 152 valence electrons. The minimum atomic E-state index is 1.14. The molecule has 0 bridgehead atoms. The summed E-state index contributed by atoms with van der Waals surface area (Å²) in [6, 6.07) is 45.1. The normalized spacial score (nSPS) is 10.6. The van der Waals surface area contributed by atoms with Crippen molar-refractivity contribution in [2.45, 2.75) is 0 Å². The van der Waals surface area contributed by atoms with Gasteiger partial charge in [0.2, 0.25) is 0 Å². The molecule has 0 heteroatoms. The first-order chi connectivity index (χ1) is 15.8. The lowest BCUT2D eigenvalue weighted by Gasteiger charge is -2.19. The van der Waals surface area contributed by atoms with E-state index in [0.29, 0.717) is 0 Å². The molecule has 0 unspecified atom stereocenters. The standard InChI is InChI=1S/C32H24/c1-2-24-21-22-30(29-20-12-19-28(23-29)25-13-6-3-7-14-25)32(27-17-10-5-11-18-27)31(24)26-15-8-4-9-16-26/h2-23H,1H2. The lowest BCUT2D eigenvalue weighted by atomic mass is 9.84. The SMILES string of the molecule is C=Cc1ccc(-c2cccc(-c3ccccc3)c2)c(-c2ccccc2)c1-c1ccccc1. The second-order valence-corrected chi connectivity index (χ2v) is 7.84. The first-order valence-electron chi connectivity index (χ1n) is 10.9. The van der Waals surface area contributed by atoms with Crippen LogP contribution in [0.2, 0.25) is 0 Å². The summed E-state index contributed by atoms with van der Waals surface area (Å²) in [6.07, 6.45) is 1.96. The first kappa shape index (κ1) is 19.8. The fourth-order valence-electron chi connectivity index (χ4n) is 4.35. The number of benzene rings is 5. The molecule has 5 aromatic carbocycles. The summed E-state index contributed by atoms with van der Waals surface area (Å²) in [6.45, 7) is 4.11. The van der Waals surface area contributed by atoms with Crippen LogP contribution in [0.1, 0.15) is 5.56 Å². The largest absolute Gasteiger partial charge is 0.0984 e. The van der Waals surface area contributed by atoms with Crippen molar-refractivity contribution in [2.75, 3.05) is 0 Å². The van der Waals surface area contributed by atoms with E-state index in [2.05, 4.69) is 134 Å². The molecule has 0 aliphatic heterocycles. The minimum absolute atomic E-state index is 1.14. The van der Waals surface area contributed by atoms with Gasteiger partial charge in [0.05, 0.1) is 0 Å². The van der Waals surface area contributed by atoms with Gasteiger partial charge >= 0.3 is 0 Å². The topological polar surface area (TPSA) is 0 Å². The maximum Gasteiger partial charge on any atom is -0.00208 e. The van der Waals surface area contributed by atoms with Crippen LogP contribution in [-0.2, 0) is 0 Å². The van der Waals surface area contributed by atoms with Crippen molar-refractivity contribution < 1.29 is 0 Å². The molecule has 0 saturated heterocycles. The van der Waals surface area contributed by atoms with Crippen molar-refractivity contribution >= 4 is 6.08 Å². The highest BCUT2D eigenvalue weighted by Gasteiger charge is 2.17. The smallest absolute Gasteiger partial charge is 0.00208 e. The van der Waals surface area contributed by atoms with E-state index in [4.69, 9.17) is 0 Å². The molecule has 0 fully saturated rings. The minimum Gasteiger partial charge on any atom is -0.0984 e. The van der Waals surface area contributed by atoms with E-state index in [1.807, 2.05) is 6.08 Å². The quantitative estimate of drug-likeness (QED) is 0.272. The molecule has 0 nitrogen and oxygen atoms in total. The Hall–Kier alpha value is -4.16. The van der Waals surface area contributed by atoms with Gasteiger partial charge in [0.1, 0.15) is 0 Å². The van der Waals surface area contributed by atoms with Crippen LogP contribution in [0.15, 0.2) is 134 Å². The lowest BCUT2D eigenvalue weighted by Crippen LogP contribution is -1.94. The summed E-state index contributed by atoms with van der Waals surface area (Å²) in [7, 11) is 0. The molecule has 5 rings (SSSR count). The average molecular weight is 409 g/mol. The highest BCUT2D eigenvalue weighted by atomic mass is 14.2. The van der Waals surface area contributed by atoms with Gasteiger partial charge in [0, 0.05) is 0 Å². The van der Waals surface area contributed by atoms with Crippen LogP contribution in [0.4, 0.5) is 0 Å². The fraction of sp³-hybridized carbons (Fsp3) is 0. The summed E-state index contributed by atoms with van der Waals surface area (Å²) in [4.78, 5) is 0. The van der Waals surface area contributed by atoms with Crippen LogP contribution in [0.5, 0.6) is 0 Å². The van der Waals surface area contributed by atoms with E-state index in [0.717, 1.165) is 5.56 Å². The molecule has 0 aliphatic carbocycles. The molecule has 0 amide bonds. The maximum atomic E-state index is 4.11. The Morgan fingerprint density at radius 3 is 1.50 bits per heavy atom. The molecule has 0 aliphatic rings. The molecular weight excluding hydrogens is 384 g/mol. The van der Waals surface area contributed by atoms with Gasteiger partial charge in [-0.15, -0.1) is 0 Å². The molecular formula is C32H24. The summed E-state index contributed by atoms with van der Waals surface area (Å²) in [5.74, 6) is 0. The van der Waals surface area contributed by atoms with E-state index in [1.165, 1.54) is 44.5 Å². The van der Waals surface area contributed by atoms with Crippen LogP contribution in [-0.4, -0.2) is 0 Å². The van der Waals surface area contributed by atoms with Crippen molar-refractivity contribution in [3.63, 3.8) is 0 Å². The average Bonchev–Trinajstić information content (AvgIpc) is 2.89. The van der Waals surface area contributed by atoms with Crippen LogP contribution >= 0.6 is 0 Å². The van der Waals surface area contributed by atoms with Crippen molar-refractivity contribution in [3.8, 4) is 44.5 Å². The highest BCUT2D eigenvalue weighted by Crippen LogP contribution is 2.43. The maximum absolute atomic E-state index is 4.11. The molecule has 5 aromatic rings. The van der Waals surface area contributed by atoms with Gasteiger partial charge < -0.3 is 0 Å². The third-order valence-corrected chi connectivity index (χ3v) is 5.86. The fourth-order valence-corrected chi connectivity index (χ4v) is 4.35. The van der Waals surface area contributed by atoms with Gasteiger partial charge in [-0.2, -0.15) is 0 Å². The number of hydrogen-bond donors (Lipinski definition) is 0. The molecule has 0 radical (unpaired) electrons. The molecule has 0 saturated carbocycles. The van der Waals surface area contributed by atoms with E-state index in [-0.39, 0.29) is 0 Å². The van der Waals surface area contributed by atoms with Gasteiger partial charge in [-0.05, 0) is 56.1 Å². The Morgan fingerprint density at radius 1 is 0.406 bits per heavy atom. The molecule has 0 spiro atoms. The zero-order valence-electron chi connectivity index (χ0n) is 17.9. The summed E-state index contributed by atoms with van der Waals surface area (Å²) >= 11 is 0. The van der Waals surface area contributed by atoms with E-state index in [1.54, 1.807) is 0 Å². The van der Waals surface area contributed by atoms with Crippen molar-refractivity contribution in [2.24, 2.45) is 0 Å². The summed E-state index contributed by atoms with van der Waals surface area (Å²) in [5.41, 5.74) is 10.9. The highest BCUT2D eigenvalue weighted by molar-refractivity contribution is 5.98. The molecule has 0 atom stereocenters. The van der Waals surface area contributed by atoms with Crippen LogP contribution in [0.3, 0.4) is 0 Å². The van der Waals surface area contributed by atoms with E-state index < -0.39 is 0 Å². The van der Waals surface area contributed by atoms with Gasteiger partial charge in [0.15, 0.2) is 0 Å². The Kier molecular flexibility index (Phi) is 5.51. The Morgan fingerprint density at radius 2 is 0.906 bits per heavy atom. The number of rotatable bonds is 5. The second kappa shape index (κ2) is 8.91. The van der Waals surface area contributed by atoms with Gasteiger partial charge in [-0.3, -0.25) is 0 Å². The predicted molar refractivity (Wildman–Crippen MR) is 138 cm³/mol. The van der Waals surface area contributed by atoms with Crippen LogP contribution in [0, 0.1) is 0 Å². The van der Waals surface area contributed by atoms with Crippen molar-refractivity contribution in [1.29, 1.82) is 0 Å². The van der Waals surface area contributed by atoms with Crippen LogP contribution < -0.4 is 0 Å². The predicted octanol–water partition coefficient (Wildman–Crippen LogP) is 9.00. The van der Waals surface area contributed by atoms with Crippen LogP contribution in [0.25, 0.3) is 50.6 Å². The Balaban J connectivity index is 1.80. The van der Waals surface area contributed by atoms with Gasteiger partial charge in [-0.25, -0.2) is 0 Å². The van der Waals surface area contributed by atoms with Gasteiger partial charge in [0.25, 0.3) is 0 Å². The van der Waals surface area contributed by atoms with E-state index in [9.17, 15) is 0 Å².